The molecule has 11 nitrogen and oxygen atoms in total. The van der Waals surface area contributed by atoms with Gasteiger partial charge in [0.2, 0.25) is 11.8 Å². The fourth-order valence-corrected chi connectivity index (χ4v) is 4.21. The lowest BCUT2D eigenvalue weighted by molar-refractivity contribution is -0.176. The first-order chi connectivity index (χ1) is 17.0. The van der Waals surface area contributed by atoms with Crippen LogP contribution in [0.3, 0.4) is 0 Å². The van der Waals surface area contributed by atoms with Crippen LogP contribution in [0.4, 0.5) is 0 Å². The molecule has 2 aliphatic heterocycles. The molecule has 0 spiro atoms. The van der Waals surface area contributed by atoms with Crippen LogP contribution in [0.25, 0.3) is 0 Å². The summed E-state index contributed by atoms with van der Waals surface area (Å²) in [6.07, 6.45) is 0.885. The Labute approximate surface area is 209 Å². The molecule has 2 aliphatic rings. The number of nitrogens with one attached hydrogen (secondary N) is 2. The molecule has 0 aromatic heterocycles. The first-order valence-electron chi connectivity index (χ1n) is 12.0. The Morgan fingerprint density at radius 2 is 1.83 bits per heavy atom. The summed E-state index contributed by atoms with van der Waals surface area (Å²) in [6.45, 7) is 5.31. The van der Waals surface area contributed by atoms with E-state index in [1.807, 2.05) is 0 Å². The summed E-state index contributed by atoms with van der Waals surface area (Å²) in [5.41, 5.74) is -0.391. The van der Waals surface area contributed by atoms with Gasteiger partial charge in [0, 0.05) is 18.5 Å². The van der Waals surface area contributed by atoms with Gasteiger partial charge >= 0.3 is 5.97 Å². The Kier molecular flexibility index (Phi) is 8.44. The molecule has 2 heterocycles. The SMILES string of the molecule is CC(C)(C)OC(=O)C[C@@H](C=O)NC(=O)[C@@H]1CCCN2C(=O)CCC(NC(=O)c3ccccc3)C(=O)N12. The molecule has 194 valence electrons. The second-order valence-corrected chi connectivity index (χ2v) is 9.83. The average molecular weight is 501 g/mol. The third-order valence-electron chi connectivity index (χ3n) is 5.80. The van der Waals surface area contributed by atoms with Crippen LogP contribution in [0.2, 0.25) is 0 Å². The molecule has 0 aliphatic carbocycles. The van der Waals surface area contributed by atoms with E-state index in [1.165, 1.54) is 5.01 Å². The van der Waals surface area contributed by atoms with E-state index >= 15 is 0 Å². The zero-order valence-corrected chi connectivity index (χ0v) is 20.7. The average Bonchev–Trinajstić information content (AvgIpc) is 2.95. The number of hydrogen-bond donors (Lipinski definition) is 2. The highest BCUT2D eigenvalue weighted by molar-refractivity contribution is 6.00. The smallest absolute Gasteiger partial charge is 0.308 e. The van der Waals surface area contributed by atoms with E-state index in [0.717, 1.165) is 5.01 Å². The molecule has 36 heavy (non-hydrogen) atoms. The van der Waals surface area contributed by atoms with Crippen LogP contribution in [-0.2, 0) is 28.7 Å². The zero-order chi connectivity index (χ0) is 26.5. The fraction of sp³-hybridized carbons (Fsp3) is 0.520. The number of carbonyl (C=O) groups excluding carboxylic acids is 6. The van der Waals surface area contributed by atoms with Gasteiger partial charge in [-0.2, -0.15) is 0 Å². The van der Waals surface area contributed by atoms with Crippen molar-refractivity contribution in [1.82, 2.24) is 20.7 Å². The van der Waals surface area contributed by atoms with Gasteiger partial charge in [-0.3, -0.25) is 29.0 Å². The van der Waals surface area contributed by atoms with E-state index in [1.54, 1.807) is 51.1 Å². The van der Waals surface area contributed by atoms with Gasteiger partial charge in [0.25, 0.3) is 11.8 Å². The van der Waals surface area contributed by atoms with Crippen molar-refractivity contribution in [2.45, 2.75) is 76.6 Å². The monoisotopic (exact) mass is 500 g/mol. The van der Waals surface area contributed by atoms with E-state index in [4.69, 9.17) is 4.74 Å². The molecule has 4 amide bonds. The van der Waals surface area contributed by atoms with Gasteiger partial charge in [0.1, 0.15) is 24.0 Å². The van der Waals surface area contributed by atoms with Crippen molar-refractivity contribution in [3.05, 3.63) is 35.9 Å². The van der Waals surface area contributed by atoms with E-state index in [0.29, 0.717) is 18.3 Å². The molecule has 2 fully saturated rings. The number of amides is 4. The maximum atomic E-state index is 13.5. The number of nitrogens with zero attached hydrogens (tertiary/aromatic N) is 2. The molecule has 0 saturated carbocycles. The van der Waals surface area contributed by atoms with Gasteiger partial charge in [-0.05, 0) is 52.2 Å². The van der Waals surface area contributed by atoms with E-state index < -0.39 is 47.4 Å². The Balaban J connectivity index is 1.75. The molecule has 1 aromatic carbocycles. The molecular weight excluding hydrogens is 468 g/mol. The molecule has 2 N–H and O–H groups in total. The number of aldehydes is 1. The first kappa shape index (κ1) is 26.8. The number of hydrogen-bond acceptors (Lipinski definition) is 7. The number of ether oxygens (including phenoxy) is 1. The molecule has 11 heteroatoms. The molecule has 3 atom stereocenters. The van der Waals surface area contributed by atoms with Crippen molar-refractivity contribution in [3.8, 4) is 0 Å². The second-order valence-electron chi connectivity index (χ2n) is 9.83. The topological polar surface area (TPSA) is 142 Å². The van der Waals surface area contributed by atoms with Crippen molar-refractivity contribution in [2.75, 3.05) is 6.54 Å². The summed E-state index contributed by atoms with van der Waals surface area (Å²) in [4.78, 5) is 75.8. The highest BCUT2D eigenvalue weighted by atomic mass is 16.6. The predicted molar refractivity (Wildman–Crippen MR) is 127 cm³/mol. The van der Waals surface area contributed by atoms with Gasteiger partial charge in [-0.1, -0.05) is 18.2 Å². The summed E-state index contributed by atoms with van der Waals surface area (Å²) in [7, 11) is 0. The number of rotatable bonds is 7. The highest BCUT2D eigenvalue weighted by Gasteiger charge is 2.45. The summed E-state index contributed by atoms with van der Waals surface area (Å²) in [5, 5.41) is 7.52. The van der Waals surface area contributed by atoms with Crippen LogP contribution >= 0.6 is 0 Å². The zero-order valence-electron chi connectivity index (χ0n) is 20.7. The number of hydrazine groups is 1. The second kappa shape index (κ2) is 11.3. The molecular formula is C25H32N4O7. The molecule has 1 unspecified atom stereocenters. The lowest BCUT2D eigenvalue weighted by Crippen LogP contribution is -2.64. The summed E-state index contributed by atoms with van der Waals surface area (Å²) >= 11 is 0. The number of carbonyl (C=O) groups is 6. The molecule has 0 radical (unpaired) electrons. The van der Waals surface area contributed by atoms with Crippen molar-refractivity contribution in [3.63, 3.8) is 0 Å². The van der Waals surface area contributed by atoms with Gasteiger partial charge in [-0.25, -0.2) is 5.01 Å². The van der Waals surface area contributed by atoms with Crippen LogP contribution in [0.15, 0.2) is 30.3 Å². The van der Waals surface area contributed by atoms with Crippen LogP contribution in [0.1, 0.15) is 63.2 Å². The largest absolute Gasteiger partial charge is 0.460 e. The van der Waals surface area contributed by atoms with Crippen LogP contribution in [-0.4, -0.2) is 76.2 Å². The van der Waals surface area contributed by atoms with E-state index in [2.05, 4.69) is 10.6 Å². The Hall–Kier alpha value is -3.76. The third kappa shape index (κ3) is 6.67. The van der Waals surface area contributed by atoms with Crippen LogP contribution in [0, 0.1) is 0 Å². The normalized spacial score (nSPS) is 21.1. The highest BCUT2D eigenvalue weighted by Crippen LogP contribution is 2.25. The van der Waals surface area contributed by atoms with Crippen LogP contribution in [0.5, 0.6) is 0 Å². The number of fused-ring (bicyclic) bond motifs is 1. The lowest BCUT2D eigenvalue weighted by atomic mass is 10.0. The van der Waals surface area contributed by atoms with Gasteiger partial charge in [-0.15, -0.1) is 0 Å². The maximum absolute atomic E-state index is 13.5. The van der Waals surface area contributed by atoms with Crippen molar-refractivity contribution in [1.29, 1.82) is 0 Å². The Bertz CT molecular complexity index is 1020. The summed E-state index contributed by atoms with van der Waals surface area (Å²) in [6, 6.07) is 5.12. The van der Waals surface area contributed by atoms with Crippen molar-refractivity contribution >= 4 is 35.9 Å². The first-order valence-corrected chi connectivity index (χ1v) is 12.0. The summed E-state index contributed by atoms with van der Waals surface area (Å²) < 4.78 is 5.21. The van der Waals surface area contributed by atoms with Crippen molar-refractivity contribution < 1.29 is 33.5 Å². The maximum Gasteiger partial charge on any atom is 0.308 e. The minimum atomic E-state index is -1.16. The molecule has 2 saturated heterocycles. The quantitative estimate of drug-likeness (QED) is 0.415. The van der Waals surface area contributed by atoms with Gasteiger partial charge < -0.3 is 20.2 Å². The third-order valence-corrected chi connectivity index (χ3v) is 5.80. The minimum Gasteiger partial charge on any atom is -0.460 e. The van der Waals surface area contributed by atoms with E-state index in [9.17, 15) is 28.8 Å². The van der Waals surface area contributed by atoms with E-state index in [-0.39, 0.29) is 38.1 Å². The molecule has 1 aromatic rings. The number of benzene rings is 1. The number of esters is 1. The Morgan fingerprint density at radius 1 is 1.14 bits per heavy atom. The van der Waals surface area contributed by atoms with Gasteiger partial charge in [0.15, 0.2) is 0 Å². The Morgan fingerprint density at radius 3 is 2.47 bits per heavy atom. The van der Waals surface area contributed by atoms with Gasteiger partial charge in [0.05, 0.1) is 12.5 Å². The predicted octanol–water partition coefficient (Wildman–Crippen LogP) is 0.729. The molecule has 0 bridgehead atoms. The van der Waals surface area contributed by atoms with Crippen molar-refractivity contribution in [2.24, 2.45) is 0 Å². The standard InChI is InChI=1S/C25H32N4O7/c1-25(2,3)36-21(32)14-17(15-30)26-23(34)19-10-7-13-28-20(31)12-11-18(24(35)29(19)28)27-22(33)16-8-5-4-6-9-16/h4-6,8-9,15,17-19H,7,10-14H2,1-3H3,(H,26,34)(H,27,33)/t17-,18?,19-/m0/s1. The van der Waals surface area contributed by atoms with Crippen LogP contribution < -0.4 is 10.6 Å². The fourth-order valence-electron chi connectivity index (χ4n) is 4.21. The lowest BCUT2D eigenvalue weighted by Gasteiger charge is -2.43. The molecule has 3 rings (SSSR count). The minimum absolute atomic E-state index is 0.0198. The summed E-state index contributed by atoms with van der Waals surface area (Å²) in [5.74, 6) is -2.71.